The smallest absolute Gasteiger partial charge is 0.214 e. The zero-order valence-corrected chi connectivity index (χ0v) is 10.6. The quantitative estimate of drug-likeness (QED) is 0.628. The van der Waals surface area contributed by atoms with Crippen LogP contribution in [-0.4, -0.2) is 0 Å². The van der Waals surface area contributed by atoms with Gasteiger partial charge in [-0.15, -0.1) is 0 Å². The maximum absolute atomic E-state index is 2.12. The molecule has 0 aliphatic carbocycles. The summed E-state index contributed by atoms with van der Waals surface area (Å²) >= 11 is 0. The molecule has 0 aliphatic rings. The van der Waals surface area contributed by atoms with Crippen LogP contribution in [0.4, 0.5) is 0 Å². The van der Waals surface area contributed by atoms with Gasteiger partial charge in [-0.05, 0) is 0 Å². The Morgan fingerprint density at radius 2 is 1.77 bits per heavy atom. The van der Waals surface area contributed by atoms with Gasteiger partial charge in [0.1, 0.15) is 0 Å². The summed E-state index contributed by atoms with van der Waals surface area (Å²) in [5.41, 5.74) is 2.78. The molecule has 1 heteroatoms. The van der Waals surface area contributed by atoms with Crippen molar-refractivity contribution < 1.29 is 26.2 Å². The Morgan fingerprint density at radius 3 is 1.92 bits per heavy atom. The second-order valence-corrected chi connectivity index (χ2v) is 2.85. The summed E-state index contributed by atoms with van der Waals surface area (Å²) in [6, 6.07) is 16.3. The van der Waals surface area contributed by atoms with Crippen LogP contribution in [-0.2, 0) is 26.2 Å². The van der Waals surface area contributed by atoms with E-state index in [1.807, 2.05) is 30.3 Å². The minimum atomic E-state index is 0. The Balaban J connectivity index is 0.000000215. The van der Waals surface area contributed by atoms with Crippen molar-refractivity contribution >= 4 is 0 Å². The summed E-state index contributed by atoms with van der Waals surface area (Å²) in [5, 5.41) is 0. The first-order chi connectivity index (χ1) is 5.80. The van der Waals surface area contributed by atoms with E-state index in [1.54, 1.807) is 0 Å². The van der Waals surface area contributed by atoms with Crippen molar-refractivity contribution in [2.75, 3.05) is 0 Å². The first-order valence-corrected chi connectivity index (χ1v) is 4.16. The molecule has 0 bridgehead atoms. The van der Waals surface area contributed by atoms with E-state index < -0.39 is 0 Å². The van der Waals surface area contributed by atoms with Crippen LogP contribution in [0.25, 0.3) is 0 Å². The third-order valence-corrected chi connectivity index (χ3v) is 1.87. The maximum atomic E-state index is 2.12. The average molecular weight is 249 g/mol. The molecule has 66 valence electrons. The molecule has 0 aromatic heterocycles. The molecular weight excluding hydrogens is 235 g/mol. The Hall–Kier alpha value is -0.417. The van der Waals surface area contributed by atoms with Crippen molar-refractivity contribution in [3.8, 4) is 0 Å². The minimum absolute atomic E-state index is 0. The topological polar surface area (TPSA) is 0 Å². The first kappa shape index (κ1) is 12.6. The largest absolute Gasteiger partial charge is 2.00 e. The molecule has 0 radical (unpaired) electrons. The normalized spacial score (nSPS) is 8.15. The van der Waals surface area contributed by atoms with Gasteiger partial charge in [-0.1, -0.05) is 13.8 Å². The fourth-order valence-electron chi connectivity index (χ4n) is 0.920. The van der Waals surface area contributed by atoms with Gasteiger partial charge >= 0.3 is 26.2 Å². The molecule has 2 rings (SSSR count). The number of hydrogen-bond acceptors (Lipinski definition) is 0. The van der Waals surface area contributed by atoms with Crippen LogP contribution in [0.1, 0.15) is 11.1 Å². The summed E-state index contributed by atoms with van der Waals surface area (Å²) in [6.45, 7) is 4.24. The van der Waals surface area contributed by atoms with Crippen LogP contribution in [0, 0.1) is 13.8 Å². The monoisotopic (exact) mass is 248 g/mol. The van der Waals surface area contributed by atoms with Crippen LogP contribution in [0.5, 0.6) is 0 Å². The molecule has 0 N–H and O–H groups in total. The van der Waals surface area contributed by atoms with E-state index in [1.165, 1.54) is 11.1 Å². The van der Waals surface area contributed by atoms with Gasteiger partial charge in [0.15, 0.2) is 0 Å². The van der Waals surface area contributed by atoms with E-state index in [-0.39, 0.29) is 26.2 Å². The van der Waals surface area contributed by atoms with Gasteiger partial charge in [0.05, 0.1) is 0 Å². The molecule has 0 spiro atoms. The zero-order chi connectivity index (χ0) is 8.81. The fourth-order valence-corrected chi connectivity index (χ4v) is 0.920. The number of hydrogen-bond donors (Lipinski definition) is 0. The molecule has 0 amide bonds. The molecular formula is C12H14Zr. The van der Waals surface area contributed by atoms with E-state index in [0.29, 0.717) is 0 Å². The molecule has 2 aromatic carbocycles. The van der Waals surface area contributed by atoms with Crippen molar-refractivity contribution in [2.24, 2.45) is 0 Å². The Morgan fingerprint density at radius 1 is 1.15 bits per heavy atom. The summed E-state index contributed by atoms with van der Waals surface area (Å²) < 4.78 is 0. The van der Waals surface area contributed by atoms with Crippen LogP contribution < -0.4 is 0 Å². The number of aryl methyl sites for hydroxylation is 2. The predicted molar refractivity (Wildman–Crippen MR) is 53.5 cm³/mol. The Bertz CT molecular complexity index is 257. The first-order valence-electron chi connectivity index (χ1n) is 4.16. The second kappa shape index (κ2) is 7.03. The summed E-state index contributed by atoms with van der Waals surface area (Å²) in [5.74, 6) is 0. The predicted octanol–water partition coefficient (Wildman–Crippen LogP) is 3.43. The third kappa shape index (κ3) is 5.00. The molecule has 0 aliphatic heterocycles. The van der Waals surface area contributed by atoms with E-state index in [0.717, 1.165) is 0 Å². The molecule has 13 heavy (non-hydrogen) atoms. The van der Waals surface area contributed by atoms with Crippen LogP contribution >= 0.6 is 0 Å². The van der Waals surface area contributed by atoms with Crippen LogP contribution in [0.3, 0.4) is 0 Å². The molecule has 0 atom stereocenters. The third-order valence-electron chi connectivity index (χ3n) is 1.87. The Labute approximate surface area is 99.5 Å². The summed E-state index contributed by atoms with van der Waals surface area (Å²) in [4.78, 5) is 0. The molecule has 0 heterocycles. The van der Waals surface area contributed by atoms with E-state index >= 15 is 0 Å². The average Bonchev–Trinajstić information content (AvgIpc) is 2.67. The molecule has 0 fully saturated rings. The maximum Gasteiger partial charge on any atom is 2.00 e. The zero-order valence-electron chi connectivity index (χ0n) is 8.12. The molecule has 0 saturated heterocycles. The summed E-state index contributed by atoms with van der Waals surface area (Å²) in [7, 11) is 0. The van der Waals surface area contributed by atoms with Gasteiger partial charge in [0.2, 0.25) is 0 Å². The van der Waals surface area contributed by atoms with Crippen LogP contribution in [0.2, 0.25) is 0 Å². The van der Waals surface area contributed by atoms with Gasteiger partial charge in [-0.2, -0.15) is 35.4 Å². The van der Waals surface area contributed by atoms with Crippen molar-refractivity contribution in [1.29, 1.82) is 0 Å². The van der Waals surface area contributed by atoms with Gasteiger partial charge in [-0.3, -0.25) is 0 Å². The molecule has 2 aromatic rings. The van der Waals surface area contributed by atoms with Crippen molar-refractivity contribution in [3.63, 3.8) is 0 Å². The Kier molecular flexibility index (Phi) is 6.81. The summed E-state index contributed by atoms with van der Waals surface area (Å²) in [6.07, 6.45) is 0. The van der Waals surface area contributed by atoms with Gasteiger partial charge in [0, 0.05) is 0 Å². The van der Waals surface area contributed by atoms with Crippen molar-refractivity contribution in [3.05, 3.63) is 59.7 Å². The molecule has 0 unspecified atom stereocenters. The fraction of sp³-hybridized carbons (Fsp3) is 0.167. The SMILES string of the molecule is Cc1ccc[c-]1C.[Zr+2].c1cc[cH-]c1. The van der Waals surface area contributed by atoms with Crippen molar-refractivity contribution in [1.82, 2.24) is 0 Å². The van der Waals surface area contributed by atoms with E-state index in [9.17, 15) is 0 Å². The second-order valence-electron chi connectivity index (χ2n) is 2.85. The van der Waals surface area contributed by atoms with Crippen LogP contribution in [0.15, 0.2) is 48.5 Å². The minimum Gasteiger partial charge on any atom is -0.214 e. The van der Waals surface area contributed by atoms with E-state index in [2.05, 4.69) is 32.0 Å². The van der Waals surface area contributed by atoms with Gasteiger partial charge < -0.3 is 0 Å². The van der Waals surface area contributed by atoms with Crippen molar-refractivity contribution in [2.45, 2.75) is 13.8 Å². The van der Waals surface area contributed by atoms with E-state index in [4.69, 9.17) is 0 Å². The number of rotatable bonds is 0. The van der Waals surface area contributed by atoms with Gasteiger partial charge in [0.25, 0.3) is 0 Å². The van der Waals surface area contributed by atoms with Gasteiger partial charge in [-0.25, -0.2) is 24.3 Å². The molecule has 0 nitrogen and oxygen atoms in total. The standard InChI is InChI=1S/C7H9.C5H5.Zr/c1-6-4-3-5-7(6)2;1-2-4-5-3-1;/h3-5H,1-2H3;1-5H;/q2*-1;+2. The molecule has 0 saturated carbocycles.